The Morgan fingerprint density at radius 3 is 2.48 bits per heavy atom. The predicted octanol–water partition coefficient (Wildman–Crippen LogP) is 1.01. The Balaban J connectivity index is 1.57. The summed E-state index contributed by atoms with van der Waals surface area (Å²) in [5.74, 6) is 1.03. The fourth-order valence-corrected chi connectivity index (χ4v) is 2.97. The van der Waals surface area contributed by atoms with Crippen LogP contribution >= 0.6 is 0 Å². The van der Waals surface area contributed by atoms with Crippen molar-refractivity contribution >= 4 is 11.8 Å². The summed E-state index contributed by atoms with van der Waals surface area (Å²) in [6, 6.07) is 0. The standard InChI is InChI=1S/C16H27N3O2/c1-14(20)18-9-11-19(12-10-18)16(21)7-8-17-13-15-5-3-2-4-6-15/h2-3,15,17H,4-13H2,1H3/t15-/m0/s1. The van der Waals surface area contributed by atoms with Gasteiger partial charge in [0, 0.05) is 46.1 Å². The van der Waals surface area contributed by atoms with Crippen molar-refractivity contribution in [1.82, 2.24) is 15.1 Å². The maximum atomic E-state index is 12.1. The molecule has 1 N–H and O–H groups in total. The van der Waals surface area contributed by atoms with E-state index in [4.69, 9.17) is 0 Å². The van der Waals surface area contributed by atoms with Crippen LogP contribution < -0.4 is 5.32 Å². The quantitative estimate of drug-likeness (QED) is 0.608. The highest BCUT2D eigenvalue weighted by Crippen LogP contribution is 2.16. The zero-order valence-electron chi connectivity index (χ0n) is 13.0. The Morgan fingerprint density at radius 2 is 1.86 bits per heavy atom. The number of hydrogen-bond donors (Lipinski definition) is 1. The van der Waals surface area contributed by atoms with Crippen molar-refractivity contribution in [2.75, 3.05) is 39.3 Å². The second-order valence-electron chi connectivity index (χ2n) is 5.99. The molecule has 2 aliphatic rings. The van der Waals surface area contributed by atoms with E-state index in [9.17, 15) is 9.59 Å². The number of carbonyl (C=O) groups excluding carboxylic acids is 2. The Morgan fingerprint density at radius 1 is 1.14 bits per heavy atom. The van der Waals surface area contributed by atoms with Crippen molar-refractivity contribution in [3.05, 3.63) is 12.2 Å². The largest absolute Gasteiger partial charge is 0.339 e. The van der Waals surface area contributed by atoms with Crippen LogP contribution in [0.5, 0.6) is 0 Å². The first-order valence-electron chi connectivity index (χ1n) is 8.06. The molecule has 1 fully saturated rings. The second kappa shape index (κ2) is 8.17. The molecule has 118 valence electrons. The molecule has 0 aromatic carbocycles. The molecular weight excluding hydrogens is 266 g/mol. The number of nitrogens with zero attached hydrogens (tertiary/aromatic N) is 2. The number of carbonyl (C=O) groups is 2. The lowest BCUT2D eigenvalue weighted by atomic mass is 9.94. The third-order valence-corrected chi connectivity index (χ3v) is 4.40. The van der Waals surface area contributed by atoms with Gasteiger partial charge in [0.25, 0.3) is 0 Å². The van der Waals surface area contributed by atoms with E-state index in [-0.39, 0.29) is 11.8 Å². The molecular formula is C16H27N3O2. The lowest BCUT2D eigenvalue weighted by Crippen LogP contribution is -2.50. The van der Waals surface area contributed by atoms with Crippen molar-refractivity contribution in [3.8, 4) is 0 Å². The summed E-state index contributed by atoms with van der Waals surface area (Å²) in [6.45, 7) is 6.03. The summed E-state index contributed by atoms with van der Waals surface area (Å²) < 4.78 is 0. The van der Waals surface area contributed by atoms with E-state index in [0.29, 0.717) is 32.6 Å². The normalized spacial score (nSPS) is 22.4. The Bertz CT molecular complexity index is 387. The average molecular weight is 293 g/mol. The van der Waals surface area contributed by atoms with Gasteiger partial charge in [0.05, 0.1) is 0 Å². The number of allylic oxidation sites excluding steroid dienone is 2. The number of hydrogen-bond acceptors (Lipinski definition) is 3. The summed E-state index contributed by atoms with van der Waals surface area (Å²) in [7, 11) is 0. The third-order valence-electron chi connectivity index (χ3n) is 4.40. The van der Waals surface area contributed by atoms with Gasteiger partial charge < -0.3 is 15.1 Å². The molecule has 1 saturated heterocycles. The van der Waals surface area contributed by atoms with Gasteiger partial charge in [0.15, 0.2) is 0 Å². The molecule has 0 radical (unpaired) electrons. The molecule has 0 spiro atoms. The van der Waals surface area contributed by atoms with Crippen molar-refractivity contribution < 1.29 is 9.59 Å². The second-order valence-corrected chi connectivity index (χ2v) is 5.99. The van der Waals surface area contributed by atoms with Gasteiger partial charge in [-0.2, -0.15) is 0 Å². The van der Waals surface area contributed by atoms with Gasteiger partial charge in [0.1, 0.15) is 0 Å². The molecule has 21 heavy (non-hydrogen) atoms. The van der Waals surface area contributed by atoms with Gasteiger partial charge in [-0.05, 0) is 31.7 Å². The summed E-state index contributed by atoms with van der Waals surface area (Å²) in [5.41, 5.74) is 0. The monoisotopic (exact) mass is 293 g/mol. The van der Waals surface area contributed by atoms with E-state index in [1.165, 1.54) is 12.8 Å². The fraction of sp³-hybridized carbons (Fsp3) is 0.750. The molecule has 1 aliphatic carbocycles. The van der Waals surface area contributed by atoms with Gasteiger partial charge >= 0.3 is 0 Å². The zero-order valence-corrected chi connectivity index (χ0v) is 13.0. The highest BCUT2D eigenvalue weighted by molar-refractivity contribution is 5.77. The van der Waals surface area contributed by atoms with Crippen LogP contribution in [0.2, 0.25) is 0 Å². The van der Waals surface area contributed by atoms with E-state index in [1.54, 1.807) is 11.8 Å². The van der Waals surface area contributed by atoms with Crippen molar-refractivity contribution in [2.45, 2.75) is 32.6 Å². The van der Waals surface area contributed by atoms with Crippen LogP contribution in [0.3, 0.4) is 0 Å². The fourth-order valence-electron chi connectivity index (χ4n) is 2.97. The lowest BCUT2D eigenvalue weighted by molar-refractivity contribution is -0.138. The van der Waals surface area contributed by atoms with E-state index in [2.05, 4.69) is 17.5 Å². The minimum atomic E-state index is 0.102. The van der Waals surface area contributed by atoms with Crippen LogP contribution in [0.15, 0.2) is 12.2 Å². The van der Waals surface area contributed by atoms with E-state index < -0.39 is 0 Å². The molecule has 1 atom stereocenters. The molecule has 0 bridgehead atoms. The lowest BCUT2D eigenvalue weighted by Gasteiger charge is -2.34. The first-order chi connectivity index (χ1) is 10.2. The molecule has 2 amide bonds. The van der Waals surface area contributed by atoms with Crippen LogP contribution in [0.1, 0.15) is 32.6 Å². The van der Waals surface area contributed by atoms with Gasteiger partial charge in [0.2, 0.25) is 11.8 Å². The Kier molecular flexibility index (Phi) is 6.23. The van der Waals surface area contributed by atoms with E-state index in [0.717, 1.165) is 25.4 Å². The molecule has 1 heterocycles. The van der Waals surface area contributed by atoms with Gasteiger partial charge in [-0.3, -0.25) is 9.59 Å². The summed E-state index contributed by atoms with van der Waals surface area (Å²) >= 11 is 0. The van der Waals surface area contributed by atoms with Gasteiger partial charge in [-0.25, -0.2) is 0 Å². The molecule has 5 nitrogen and oxygen atoms in total. The number of nitrogens with one attached hydrogen (secondary N) is 1. The molecule has 0 unspecified atom stereocenters. The van der Waals surface area contributed by atoms with Gasteiger partial charge in [-0.1, -0.05) is 12.2 Å². The van der Waals surface area contributed by atoms with Crippen LogP contribution in [0.25, 0.3) is 0 Å². The molecule has 0 saturated carbocycles. The van der Waals surface area contributed by atoms with Crippen molar-refractivity contribution in [2.24, 2.45) is 5.92 Å². The predicted molar refractivity (Wildman–Crippen MR) is 82.8 cm³/mol. The molecule has 5 heteroatoms. The minimum Gasteiger partial charge on any atom is -0.339 e. The van der Waals surface area contributed by atoms with Crippen LogP contribution in [-0.2, 0) is 9.59 Å². The maximum Gasteiger partial charge on any atom is 0.223 e. The van der Waals surface area contributed by atoms with Crippen molar-refractivity contribution in [3.63, 3.8) is 0 Å². The Labute approximate surface area is 127 Å². The first kappa shape index (κ1) is 16.0. The first-order valence-corrected chi connectivity index (χ1v) is 8.06. The van der Waals surface area contributed by atoms with E-state index >= 15 is 0 Å². The number of rotatable bonds is 5. The Hall–Kier alpha value is -1.36. The minimum absolute atomic E-state index is 0.102. The molecule has 2 rings (SSSR count). The van der Waals surface area contributed by atoms with Crippen LogP contribution in [0.4, 0.5) is 0 Å². The summed E-state index contributed by atoms with van der Waals surface area (Å²) in [4.78, 5) is 27.0. The number of amides is 2. The molecule has 0 aromatic rings. The number of piperazine rings is 1. The highest BCUT2D eigenvalue weighted by atomic mass is 16.2. The molecule has 1 aliphatic heterocycles. The van der Waals surface area contributed by atoms with Gasteiger partial charge in [-0.15, -0.1) is 0 Å². The highest BCUT2D eigenvalue weighted by Gasteiger charge is 2.21. The molecule has 0 aromatic heterocycles. The van der Waals surface area contributed by atoms with E-state index in [1.807, 2.05) is 4.90 Å². The van der Waals surface area contributed by atoms with Crippen molar-refractivity contribution in [1.29, 1.82) is 0 Å². The SMILES string of the molecule is CC(=O)N1CCN(C(=O)CCNC[C@H]2CC=CCC2)CC1. The van der Waals surface area contributed by atoms with Crippen LogP contribution in [0, 0.1) is 5.92 Å². The summed E-state index contributed by atoms with van der Waals surface area (Å²) in [6.07, 6.45) is 8.67. The topological polar surface area (TPSA) is 52.7 Å². The summed E-state index contributed by atoms with van der Waals surface area (Å²) in [5, 5.41) is 3.41. The third kappa shape index (κ3) is 5.16. The zero-order chi connectivity index (χ0) is 15.1. The average Bonchev–Trinajstić information content (AvgIpc) is 2.52. The maximum absolute atomic E-state index is 12.1. The van der Waals surface area contributed by atoms with Crippen LogP contribution in [-0.4, -0.2) is 60.9 Å². The smallest absolute Gasteiger partial charge is 0.223 e.